The highest BCUT2D eigenvalue weighted by atomic mass is 16.5. The highest BCUT2D eigenvalue weighted by Gasteiger charge is 2.05. The summed E-state index contributed by atoms with van der Waals surface area (Å²) in [6.07, 6.45) is 2.52. The van der Waals surface area contributed by atoms with Crippen LogP contribution in [0.2, 0.25) is 0 Å². The van der Waals surface area contributed by atoms with Crippen molar-refractivity contribution in [2.45, 2.75) is 13.3 Å². The monoisotopic (exact) mass is 378 g/mol. The lowest BCUT2D eigenvalue weighted by atomic mass is 10.1. The molecule has 0 bridgehead atoms. The van der Waals surface area contributed by atoms with Crippen LogP contribution >= 0.6 is 0 Å². The van der Waals surface area contributed by atoms with Gasteiger partial charge in [-0.05, 0) is 30.2 Å². The van der Waals surface area contributed by atoms with Crippen LogP contribution in [-0.4, -0.2) is 29.9 Å². The first kappa shape index (κ1) is 19.2. The first-order chi connectivity index (χ1) is 13.7. The number of H-pyrrole nitrogens is 1. The average molecular weight is 378 g/mol. The van der Waals surface area contributed by atoms with Crippen molar-refractivity contribution in [3.05, 3.63) is 70.5 Å². The second-order valence-corrected chi connectivity index (χ2v) is 5.97. The number of methoxy groups -OCH3 is 1. The number of aromatic amines is 1. The molecule has 2 N–H and O–H groups in total. The molecule has 0 radical (unpaired) electrons. The quantitative estimate of drug-likeness (QED) is 0.461. The molecule has 3 rings (SSSR count). The molecule has 0 aliphatic heterocycles. The van der Waals surface area contributed by atoms with Crippen LogP contribution in [0.3, 0.4) is 0 Å². The van der Waals surface area contributed by atoms with E-state index in [2.05, 4.69) is 20.5 Å². The van der Waals surface area contributed by atoms with Gasteiger partial charge in [0, 0.05) is 11.6 Å². The lowest BCUT2D eigenvalue weighted by Crippen LogP contribution is -2.10. The van der Waals surface area contributed by atoms with E-state index in [1.807, 2.05) is 55.5 Å². The zero-order valence-electron chi connectivity index (χ0n) is 15.8. The number of rotatable bonds is 8. The molecule has 0 saturated carbocycles. The predicted molar refractivity (Wildman–Crippen MR) is 110 cm³/mol. The van der Waals surface area contributed by atoms with Crippen molar-refractivity contribution >= 4 is 12.2 Å². The molecular weight excluding hydrogens is 356 g/mol. The normalized spacial score (nSPS) is 10.8. The fourth-order valence-corrected chi connectivity index (χ4v) is 2.53. The van der Waals surface area contributed by atoms with Crippen LogP contribution in [0.5, 0.6) is 11.5 Å². The zero-order chi connectivity index (χ0) is 19.8. The lowest BCUT2D eigenvalue weighted by molar-refractivity contribution is 0.294. The highest BCUT2D eigenvalue weighted by molar-refractivity contribution is 5.81. The molecule has 0 amide bonds. The number of hydrogen-bond acceptors (Lipinski definition) is 6. The van der Waals surface area contributed by atoms with Gasteiger partial charge in [0.1, 0.15) is 0 Å². The number of ether oxygens (including phenoxy) is 2. The van der Waals surface area contributed by atoms with Crippen LogP contribution in [0.1, 0.15) is 18.9 Å². The topological polar surface area (TPSA) is 88.6 Å². The summed E-state index contributed by atoms with van der Waals surface area (Å²) in [6, 6.07) is 16.5. The van der Waals surface area contributed by atoms with E-state index in [0.717, 1.165) is 17.5 Å². The van der Waals surface area contributed by atoms with Gasteiger partial charge in [0.05, 0.1) is 25.6 Å². The van der Waals surface area contributed by atoms with Crippen LogP contribution in [0.15, 0.2) is 64.5 Å². The predicted octanol–water partition coefficient (Wildman–Crippen LogP) is 3.68. The molecular formula is C21H22N4O3. The summed E-state index contributed by atoms with van der Waals surface area (Å²) in [5.41, 5.74) is 4.75. The summed E-state index contributed by atoms with van der Waals surface area (Å²) in [7, 11) is 1.60. The van der Waals surface area contributed by atoms with Gasteiger partial charge in [-0.1, -0.05) is 37.3 Å². The average Bonchev–Trinajstić information content (AvgIpc) is 2.72. The molecule has 0 aliphatic carbocycles. The minimum atomic E-state index is -0.258. The van der Waals surface area contributed by atoms with Crippen molar-refractivity contribution in [1.82, 2.24) is 9.97 Å². The van der Waals surface area contributed by atoms with E-state index >= 15 is 0 Å². The van der Waals surface area contributed by atoms with Crippen LogP contribution in [0, 0.1) is 0 Å². The summed E-state index contributed by atoms with van der Waals surface area (Å²) in [6.45, 7) is 2.64. The molecule has 1 aromatic heterocycles. The molecule has 7 nitrogen and oxygen atoms in total. The maximum Gasteiger partial charge on any atom is 0.252 e. The Morgan fingerprint density at radius 2 is 1.96 bits per heavy atom. The molecule has 0 fully saturated rings. The van der Waals surface area contributed by atoms with Crippen LogP contribution in [-0.2, 0) is 0 Å². The minimum absolute atomic E-state index is 0.258. The second kappa shape index (κ2) is 9.36. The number of benzene rings is 2. The standard InChI is InChI=1S/C21H22N4O3/c1-3-11-28-19-12-15(9-10-18(19)27-2)14-22-25-21-23-17(13-20(26)24-21)16-7-5-4-6-8-16/h4-10,12-14H,3,11H2,1-2H3,(H2,23,24,25,26)/b22-14-. The molecule has 2 aromatic carbocycles. The fraction of sp³-hybridized carbons (Fsp3) is 0.190. The number of nitrogens with zero attached hydrogens (tertiary/aromatic N) is 2. The van der Waals surface area contributed by atoms with E-state index < -0.39 is 0 Å². The number of anilines is 1. The zero-order valence-corrected chi connectivity index (χ0v) is 15.8. The summed E-state index contributed by atoms with van der Waals surface area (Å²) >= 11 is 0. The maximum absolute atomic E-state index is 11.9. The Kier molecular flexibility index (Phi) is 6.41. The first-order valence-electron chi connectivity index (χ1n) is 8.96. The summed E-state index contributed by atoms with van der Waals surface area (Å²) in [5.74, 6) is 1.59. The van der Waals surface area contributed by atoms with Crippen molar-refractivity contribution in [1.29, 1.82) is 0 Å². The van der Waals surface area contributed by atoms with Gasteiger partial charge >= 0.3 is 0 Å². The van der Waals surface area contributed by atoms with Gasteiger partial charge in [-0.2, -0.15) is 5.10 Å². The molecule has 7 heteroatoms. The third-order valence-electron chi connectivity index (χ3n) is 3.84. The number of hydrogen-bond donors (Lipinski definition) is 2. The Labute approximate surface area is 163 Å². The van der Waals surface area contributed by atoms with Crippen LogP contribution in [0.25, 0.3) is 11.3 Å². The van der Waals surface area contributed by atoms with Gasteiger partial charge in [0.2, 0.25) is 5.95 Å². The first-order valence-corrected chi connectivity index (χ1v) is 8.96. The van der Waals surface area contributed by atoms with Crippen molar-refractivity contribution in [3.8, 4) is 22.8 Å². The van der Waals surface area contributed by atoms with Gasteiger partial charge in [0.25, 0.3) is 5.56 Å². The number of aromatic nitrogens is 2. The molecule has 0 spiro atoms. The minimum Gasteiger partial charge on any atom is -0.493 e. The summed E-state index contributed by atoms with van der Waals surface area (Å²) in [5, 5.41) is 4.16. The fourth-order valence-electron chi connectivity index (χ4n) is 2.53. The van der Waals surface area contributed by atoms with Crippen LogP contribution < -0.4 is 20.5 Å². The molecule has 0 aliphatic rings. The summed E-state index contributed by atoms with van der Waals surface area (Å²) in [4.78, 5) is 18.9. The molecule has 1 heterocycles. The lowest BCUT2D eigenvalue weighted by Gasteiger charge is -2.10. The molecule has 3 aromatic rings. The number of nitrogens with one attached hydrogen (secondary N) is 2. The maximum atomic E-state index is 11.9. The Morgan fingerprint density at radius 3 is 2.71 bits per heavy atom. The second-order valence-electron chi connectivity index (χ2n) is 5.97. The van der Waals surface area contributed by atoms with Gasteiger partial charge in [-0.3, -0.25) is 9.78 Å². The molecule has 144 valence electrons. The van der Waals surface area contributed by atoms with Gasteiger partial charge in [0.15, 0.2) is 11.5 Å². The SMILES string of the molecule is CCCOc1cc(/C=N\Nc2nc(-c3ccccc3)cc(=O)[nH]2)ccc1OC. The van der Waals surface area contributed by atoms with E-state index in [1.165, 1.54) is 6.07 Å². The van der Waals surface area contributed by atoms with E-state index in [0.29, 0.717) is 23.8 Å². The van der Waals surface area contributed by atoms with E-state index in [9.17, 15) is 4.79 Å². The van der Waals surface area contributed by atoms with Crippen molar-refractivity contribution in [3.63, 3.8) is 0 Å². The Morgan fingerprint density at radius 1 is 1.14 bits per heavy atom. The Balaban J connectivity index is 1.76. The number of hydrazone groups is 1. The van der Waals surface area contributed by atoms with Crippen molar-refractivity contribution < 1.29 is 9.47 Å². The summed E-state index contributed by atoms with van der Waals surface area (Å²) < 4.78 is 11.0. The van der Waals surface area contributed by atoms with Crippen molar-refractivity contribution in [2.24, 2.45) is 5.10 Å². The molecule has 0 unspecified atom stereocenters. The smallest absolute Gasteiger partial charge is 0.252 e. The van der Waals surface area contributed by atoms with E-state index in [1.54, 1.807) is 13.3 Å². The van der Waals surface area contributed by atoms with Gasteiger partial charge in [-0.25, -0.2) is 10.4 Å². The Bertz CT molecular complexity index is 1000. The molecule has 28 heavy (non-hydrogen) atoms. The van der Waals surface area contributed by atoms with Crippen LogP contribution in [0.4, 0.5) is 5.95 Å². The molecule has 0 saturated heterocycles. The third-order valence-corrected chi connectivity index (χ3v) is 3.84. The highest BCUT2D eigenvalue weighted by Crippen LogP contribution is 2.27. The largest absolute Gasteiger partial charge is 0.493 e. The third kappa shape index (κ3) is 4.97. The van der Waals surface area contributed by atoms with Gasteiger partial charge in [-0.15, -0.1) is 0 Å². The Hall–Kier alpha value is -3.61. The van der Waals surface area contributed by atoms with E-state index in [4.69, 9.17) is 9.47 Å². The molecule has 0 atom stereocenters. The van der Waals surface area contributed by atoms with E-state index in [-0.39, 0.29) is 11.5 Å². The van der Waals surface area contributed by atoms with Crippen molar-refractivity contribution in [2.75, 3.05) is 19.1 Å². The van der Waals surface area contributed by atoms with Gasteiger partial charge < -0.3 is 9.47 Å².